The summed E-state index contributed by atoms with van der Waals surface area (Å²) in [4.78, 5) is 26.3. The molecule has 1 rings (SSSR count). The van der Waals surface area contributed by atoms with E-state index >= 15 is 0 Å². The molecule has 0 heterocycles. The molecule has 2 N–H and O–H groups in total. The zero-order chi connectivity index (χ0) is 21.8. The van der Waals surface area contributed by atoms with Gasteiger partial charge in [0.05, 0.1) is 11.8 Å². The van der Waals surface area contributed by atoms with E-state index in [1.807, 2.05) is 14.1 Å². The van der Waals surface area contributed by atoms with E-state index in [2.05, 4.69) is 49.2 Å². The molecular weight excluding hydrogens is 364 g/mol. The third-order valence-corrected chi connectivity index (χ3v) is 5.41. The average molecular weight is 405 g/mol. The van der Waals surface area contributed by atoms with Crippen LogP contribution in [-0.4, -0.2) is 49.1 Å². The Balaban J connectivity index is 2.53. The molecule has 0 aromatic carbocycles. The number of rotatable bonds is 12. The van der Waals surface area contributed by atoms with Gasteiger partial charge < -0.3 is 15.3 Å². The molecule has 2 unspecified atom stereocenters. The zero-order valence-corrected chi connectivity index (χ0v) is 19.0. The molecule has 0 bridgehead atoms. The van der Waals surface area contributed by atoms with Crippen LogP contribution in [0.2, 0.25) is 0 Å². The third-order valence-electron chi connectivity index (χ3n) is 5.41. The number of carbonyl (C=O) groups is 2. The standard InChI is InChI=1S/C24H40N2O3/c1-18(2)9-6-10-19(3)11-7-12-20-13-14-21(22(17-20)24(28)29)23(27)25-15-8-16-26(4)5/h9,11,13,21-22H,6-8,10,12,14-17H2,1-5H3,(H,25,27)(H,28,29). The Bertz CT molecular complexity index is 628. The first-order chi connectivity index (χ1) is 13.7. The van der Waals surface area contributed by atoms with Gasteiger partial charge in [-0.3, -0.25) is 9.59 Å². The van der Waals surface area contributed by atoms with Gasteiger partial charge >= 0.3 is 5.97 Å². The van der Waals surface area contributed by atoms with E-state index in [0.29, 0.717) is 19.4 Å². The fourth-order valence-electron chi connectivity index (χ4n) is 3.65. The van der Waals surface area contributed by atoms with Crippen molar-refractivity contribution >= 4 is 11.9 Å². The predicted molar refractivity (Wildman–Crippen MR) is 120 cm³/mol. The normalized spacial score (nSPS) is 19.7. The summed E-state index contributed by atoms with van der Waals surface area (Å²) >= 11 is 0. The second kappa shape index (κ2) is 13.4. The van der Waals surface area contributed by atoms with Crippen LogP contribution in [0.1, 0.15) is 65.7 Å². The van der Waals surface area contributed by atoms with Crippen molar-refractivity contribution in [1.29, 1.82) is 0 Å². The lowest BCUT2D eigenvalue weighted by Gasteiger charge is -2.28. The minimum Gasteiger partial charge on any atom is -0.481 e. The van der Waals surface area contributed by atoms with Crippen molar-refractivity contribution in [2.45, 2.75) is 65.7 Å². The molecule has 0 aliphatic heterocycles. The summed E-state index contributed by atoms with van der Waals surface area (Å²) in [5.41, 5.74) is 3.90. The van der Waals surface area contributed by atoms with E-state index in [9.17, 15) is 14.7 Å². The third kappa shape index (κ3) is 10.5. The van der Waals surface area contributed by atoms with Crippen LogP contribution in [0.4, 0.5) is 0 Å². The summed E-state index contributed by atoms with van der Waals surface area (Å²) in [7, 11) is 3.99. The SMILES string of the molecule is CC(C)=CCCC(C)=CCCC1=CCC(C(=O)NCCCN(C)C)C(C(=O)O)C1. The fourth-order valence-corrected chi connectivity index (χ4v) is 3.65. The number of hydrogen-bond acceptors (Lipinski definition) is 3. The van der Waals surface area contributed by atoms with Crippen molar-refractivity contribution in [3.05, 3.63) is 34.9 Å². The maximum atomic E-state index is 12.5. The number of aliphatic carboxylic acids is 1. The molecule has 0 spiro atoms. The van der Waals surface area contributed by atoms with Gasteiger partial charge in [-0.25, -0.2) is 0 Å². The Hall–Kier alpha value is -1.88. The molecule has 5 heteroatoms. The highest BCUT2D eigenvalue weighted by molar-refractivity contribution is 5.85. The first kappa shape index (κ1) is 25.2. The van der Waals surface area contributed by atoms with Gasteiger partial charge in [-0.2, -0.15) is 0 Å². The van der Waals surface area contributed by atoms with Gasteiger partial charge in [0.2, 0.25) is 5.91 Å². The van der Waals surface area contributed by atoms with E-state index in [1.54, 1.807) is 0 Å². The van der Waals surface area contributed by atoms with Crippen molar-refractivity contribution in [2.75, 3.05) is 27.2 Å². The van der Waals surface area contributed by atoms with E-state index in [-0.39, 0.29) is 5.91 Å². The minimum absolute atomic E-state index is 0.124. The maximum absolute atomic E-state index is 12.5. The minimum atomic E-state index is -0.863. The Morgan fingerprint density at radius 2 is 1.90 bits per heavy atom. The second-order valence-electron chi connectivity index (χ2n) is 8.71. The maximum Gasteiger partial charge on any atom is 0.307 e. The lowest BCUT2D eigenvalue weighted by molar-refractivity contribution is -0.147. The summed E-state index contributed by atoms with van der Waals surface area (Å²) in [6, 6.07) is 0. The van der Waals surface area contributed by atoms with E-state index < -0.39 is 17.8 Å². The van der Waals surface area contributed by atoms with Gasteiger partial charge in [0.25, 0.3) is 0 Å². The Morgan fingerprint density at radius 3 is 2.52 bits per heavy atom. The van der Waals surface area contributed by atoms with Crippen molar-refractivity contribution < 1.29 is 14.7 Å². The number of nitrogens with zero attached hydrogens (tertiary/aromatic N) is 1. The zero-order valence-electron chi connectivity index (χ0n) is 19.0. The second-order valence-corrected chi connectivity index (χ2v) is 8.71. The van der Waals surface area contributed by atoms with Crippen molar-refractivity contribution in [1.82, 2.24) is 10.2 Å². The number of nitrogens with one attached hydrogen (secondary N) is 1. The van der Waals surface area contributed by atoms with E-state index in [4.69, 9.17) is 0 Å². The molecule has 164 valence electrons. The van der Waals surface area contributed by atoms with Crippen LogP contribution in [-0.2, 0) is 9.59 Å². The molecular formula is C24H40N2O3. The molecule has 2 atom stereocenters. The van der Waals surface area contributed by atoms with Gasteiger partial charge in [0, 0.05) is 6.54 Å². The summed E-state index contributed by atoms with van der Waals surface area (Å²) in [6.45, 7) is 7.88. The van der Waals surface area contributed by atoms with Gasteiger partial charge in [0.1, 0.15) is 0 Å². The van der Waals surface area contributed by atoms with Crippen molar-refractivity contribution in [3.63, 3.8) is 0 Å². The van der Waals surface area contributed by atoms with E-state index in [1.165, 1.54) is 16.7 Å². The number of allylic oxidation sites excluding steroid dienone is 6. The lowest BCUT2D eigenvalue weighted by Crippen LogP contribution is -2.40. The molecule has 1 aliphatic carbocycles. The largest absolute Gasteiger partial charge is 0.481 e. The molecule has 1 amide bonds. The topological polar surface area (TPSA) is 69.6 Å². The van der Waals surface area contributed by atoms with Crippen LogP contribution < -0.4 is 5.32 Å². The smallest absolute Gasteiger partial charge is 0.307 e. The van der Waals surface area contributed by atoms with Gasteiger partial charge in [-0.05, 0) is 86.4 Å². The van der Waals surface area contributed by atoms with Crippen molar-refractivity contribution in [3.8, 4) is 0 Å². The summed E-state index contributed by atoms with van der Waals surface area (Å²) in [5.74, 6) is -2.07. The average Bonchev–Trinajstić information content (AvgIpc) is 2.64. The quantitative estimate of drug-likeness (QED) is 0.369. The van der Waals surface area contributed by atoms with Crippen LogP contribution in [0.25, 0.3) is 0 Å². The molecule has 0 aromatic rings. The number of carbonyl (C=O) groups excluding carboxylic acids is 1. The summed E-state index contributed by atoms with van der Waals surface area (Å²) in [5, 5.41) is 12.6. The van der Waals surface area contributed by atoms with Crippen LogP contribution in [0, 0.1) is 11.8 Å². The lowest BCUT2D eigenvalue weighted by atomic mass is 9.78. The summed E-state index contributed by atoms with van der Waals surface area (Å²) in [6.07, 6.45) is 12.4. The molecule has 0 aromatic heterocycles. The Kier molecular flexibility index (Phi) is 11.6. The number of hydrogen-bond donors (Lipinski definition) is 2. The number of carboxylic acid groups (broad SMARTS) is 1. The Morgan fingerprint density at radius 1 is 1.17 bits per heavy atom. The molecule has 0 saturated heterocycles. The molecule has 0 fully saturated rings. The number of carboxylic acids is 1. The highest BCUT2D eigenvalue weighted by Crippen LogP contribution is 2.32. The van der Waals surface area contributed by atoms with Gasteiger partial charge in [-0.1, -0.05) is 34.9 Å². The highest BCUT2D eigenvalue weighted by Gasteiger charge is 2.35. The molecule has 0 radical (unpaired) electrons. The van der Waals surface area contributed by atoms with Crippen LogP contribution in [0.3, 0.4) is 0 Å². The molecule has 0 saturated carbocycles. The number of amides is 1. The van der Waals surface area contributed by atoms with E-state index in [0.717, 1.165) is 38.6 Å². The first-order valence-electron chi connectivity index (χ1n) is 10.8. The van der Waals surface area contributed by atoms with Gasteiger partial charge in [0.15, 0.2) is 0 Å². The van der Waals surface area contributed by atoms with Gasteiger partial charge in [-0.15, -0.1) is 0 Å². The van der Waals surface area contributed by atoms with Crippen molar-refractivity contribution in [2.24, 2.45) is 11.8 Å². The Labute approximate surface area is 176 Å². The predicted octanol–water partition coefficient (Wildman–Crippen LogP) is 4.56. The molecule has 1 aliphatic rings. The van der Waals surface area contributed by atoms with Crippen LogP contribution >= 0.6 is 0 Å². The monoisotopic (exact) mass is 404 g/mol. The molecule has 29 heavy (non-hydrogen) atoms. The van der Waals surface area contributed by atoms with Crippen LogP contribution in [0.15, 0.2) is 34.9 Å². The fraction of sp³-hybridized carbons (Fsp3) is 0.667. The summed E-state index contributed by atoms with van der Waals surface area (Å²) < 4.78 is 0. The first-order valence-corrected chi connectivity index (χ1v) is 10.8. The molecule has 5 nitrogen and oxygen atoms in total. The van der Waals surface area contributed by atoms with Crippen LogP contribution in [0.5, 0.6) is 0 Å². The highest BCUT2D eigenvalue weighted by atomic mass is 16.4.